The first-order valence-corrected chi connectivity index (χ1v) is 16.0. The fourth-order valence-corrected chi connectivity index (χ4v) is 4.97. The van der Waals surface area contributed by atoms with Gasteiger partial charge >= 0.3 is 19.3 Å². The Bertz CT molecular complexity index is 1850. The van der Waals surface area contributed by atoms with Crippen LogP contribution in [0.3, 0.4) is 0 Å². The molecule has 1 saturated heterocycles. The number of hydrogen-bond acceptors (Lipinski definition) is 12. The number of hydrogen-bond donors (Lipinski definition) is 2. The molecule has 7 rings (SSSR count). The molecular formula is C30H28BBrCl2F4N6O6. The van der Waals surface area contributed by atoms with E-state index in [2.05, 4.69) is 45.3 Å². The first-order chi connectivity index (χ1) is 23.2. The zero-order valence-electron chi connectivity index (χ0n) is 26.6. The van der Waals surface area contributed by atoms with Gasteiger partial charge in [0.2, 0.25) is 0 Å². The second-order valence-corrected chi connectivity index (χ2v) is 13.5. The molecular weight excluding hydrogens is 778 g/mol. The van der Waals surface area contributed by atoms with Crippen LogP contribution >= 0.6 is 39.1 Å². The Balaban J connectivity index is 0.000000148. The number of ether oxygens (including phenoxy) is 4. The average molecular weight is 806 g/mol. The zero-order chi connectivity index (χ0) is 36.6. The van der Waals surface area contributed by atoms with Crippen LogP contribution in [0.25, 0.3) is 11.3 Å². The third kappa shape index (κ3) is 8.72. The molecule has 50 heavy (non-hydrogen) atoms. The molecule has 0 aliphatic carbocycles. The second-order valence-electron chi connectivity index (χ2n) is 11.8. The number of aromatic nitrogens is 4. The minimum Gasteiger partial charge on any atom is -0.479 e. The second kappa shape index (κ2) is 14.1. The lowest BCUT2D eigenvalue weighted by Gasteiger charge is -2.32. The number of fused-ring (bicyclic) bond motifs is 2. The Morgan fingerprint density at radius 1 is 0.680 bits per heavy atom. The molecule has 4 aromatic rings. The van der Waals surface area contributed by atoms with E-state index < -0.39 is 32.5 Å². The predicted molar refractivity (Wildman–Crippen MR) is 180 cm³/mol. The molecule has 2 aromatic heterocycles. The van der Waals surface area contributed by atoms with Gasteiger partial charge in [-0.1, -0.05) is 23.2 Å². The van der Waals surface area contributed by atoms with Gasteiger partial charge in [-0.25, -0.2) is 9.97 Å². The number of rotatable bonds is 2. The van der Waals surface area contributed by atoms with Gasteiger partial charge in [0.15, 0.2) is 36.2 Å². The van der Waals surface area contributed by atoms with E-state index in [4.69, 9.17) is 53.5 Å². The number of alkyl halides is 4. The Hall–Kier alpha value is -3.84. The van der Waals surface area contributed by atoms with E-state index in [1.165, 1.54) is 42.9 Å². The van der Waals surface area contributed by atoms with Gasteiger partial charge in [0.1, 0.15) is 11.6 Å². The summed E-state index contributed by atoms with van der Waals surface area (Å²) in [6, 6.07) is 5.52. The van der Waals surface area contributed by atoms with Crippen LogP contribution in [0, 0.1) is 0 Å². The molecule has 12 nitrogen and oxygen atoms in total. The highest BCUT2D eigenvalue weighted by Gasteiger charge is 2.52. The summed E-state index contributed by atoms with van der Waals surface area (Å²) in [7, 11) is -0.474. The first-order valence-electron chi connectivity index (χ1n) is 14.5. The lowest BCUT2D eigenvalue weighted by Crippen LogP contribution is -2.41. The summed E-state index contributed by atoms with van der Waals surface area (Å²) in [6.45, 7) is 6.35. The monoisotopic (exact) mass is 804 g/mol. The maximum absolute atomic E-state index is 13.1. The maximum atomic E-state index is 13.1. The zero-order valence-corrected chi connectivity index (χ0v) is 29.7. The van der Waals surface area contributed by atoms with E-state index >= 15 is 0 Å². The fourth-order valence-electron chi connectivity index (χ4n) is 4.24. The van der Waals surface area contributed by atoms with Gasteiger partial charge < -0.3 is 39.7 Å². The summed E-state index contributed by atoms with van der Waals surface area (Å²) in [4.78, 5) is 16.1. The van der Waals surface area contributed by atoms with E-state index in [9.17, 15) is 17.6 Å². The highest BCUT2D eigenvalue weighted by Crippen LogP contribution is 2.43. The Morgan fingerprint density at radius 3 is 1.68 bits per heavy atom. The largest absolute Gasteiger partial charge is 0.516 e. The van der Waals surface area contributed by atoms with Crippen molar-refractivity contribution >= 4 is 63.5 Å². The molecule has 0 saturated carbocycles. The third-order valence-electron chi connectivity index (χ3n) is 7.46. The van der Waals surface area contributed by atoms with E-state index in [1.807, 2.05) is 27.7 Å². The molecule has 3 aliphatic rings. The standard InChI is InChI=1S/C12H8ClF2N3O2.C10H16BN3O2.C8H4BrClF2O2/c13-7-2-10-9(19-5-12(14,15)20-10)1-6(7)8-3-18-11(16)4-17-8;1-9(2)10(3,4)16-11(15-9)7-5-14-8(12)6-13-7;9-4-1-6-7(2-5(4)10)14-8(11,12)3-13-6/h1-4H,5H2,(H2,16,18);5-6H,1-4H3,(H2,12,14);1-2H,3H2. The van der Waals surface area contributed by atoms with Gasteiger partial charge in [0.05, 0.1) is 51.1 Å². The van der Waals surface area contributed by atoms with Crippen LogP contribution in [0.4, 0.5) is 29.2 Å². The average Bonchev–Trinajstić information content (AvgIpc) is 3.24. The van der Waals surface area contributed by atoms with Crippen LogP contribution in [-0.2, 0) is 9.31 Å². The SMILES string of the molecule is CC1(C)OB(c2cnc(N)cn2)OC1(C)C.FC1(F)COc2cc(Br)c(Cl)cc2O1.Nc1cnc(-c2cc3c(cc2Cl)OC(F)(F)CO3)cn1. The van der Waals surface area contributed by atoms with Gasteiger partial charge in [-0.3, -0.25) is 9.97 Å². The van der Waals surface area contributed by atoms with Gasteiger partial charge in [-0.2, -0.15) is 17.6 Å². The van der Waals surface area contributed by atoms with Crippen molar-refractivity contribution in [3.05, 3.63) is 63.6 Å². The van der Waals surface area contributed by atoms with Crippen LogP contribution in [0.5, 0.6) is 23.0 Å². The highest BCUT2D eigenvalue weighted by atomic mass is 79.9. The predicted octanol–water partition coefficient (Wildman–Crippen LogP) is 6.57. The quantitative estimate of drug-likeness (QED) is 0.166. The molecule has 20 heteroatoms. The number of benzene rings is 2. The number of anilines is 2. The molecule has 4 N–H and O–H groups in total. The minimum atomic E-state index is -3.36. The summed E-state index contributed by atoms with van der Waals surface area (Å²) in [6.07, 6.45) is -0.765. The molecule has 2 aromatic carbocycles. The Labute approximate surface area is 302 Å². The molecule has 0 atom stereocenters. The topological polar surface area (TPSA) is 159 Å². The van der Waals surface area contributed by atoms with E-state index in [-0.39, 0.29) is 45.0 Å². The van der Waals surface area contributed by atoms with Gasteiger partial charge in [0, 0.05) is 28.4 Å². The fraction of sp³-hybridized carbons (Fsp3) is 0.333. The first kappa shape index (κ1) is 37.4. The van der Waals surface area contributed by atoms with Crippen LogP contribution in [0.2, 0.25) is 10.0 Å². The van der Waals surface area contributed by atoms with Crippen molar-refractivity contribution in [3.8, 4) is 34.3 Å². The van der Waals surface area contributed by atoms with Crippen LogP contribution in [-0.4, -0.2) is 63.7 Å². The molecule has 0 bridgehead atoms. The highest BCUT2D eigenvalue weighted by molar-refractivity contribution is 9.10. The minimum absolute atomic E-state index is 0.0468. The molecule has 0 radical (unpaired) electrons. The normalized spacial score (nSPS) is 18.6. The van der Waals surface area contributed by atoms with Crippen molar-refractivity contribution in [2.75, 3.05) is 24.7 Å². The van der Waals surface area contributed by atoms with Gasteiger partial charge in [-0.05, 0) is 55.8 Å². The van der Waals surface area contributed by atoms with Crippen LogP contribution in [0.15, 0.2) is 53.5 Å². The van der Waals surface area contributed by atoms with E-state index in [0.717, 1.165) is 0 Å². The number of nitrogens with two attached hydrogens (primary N) is 2. The molecule has 0 unspecified atom stereocenters. The third-order valence-corrected chi connectivity index (χ3v) is 8.97. The van der Waals surface area contributed by atoms with Crippen molar-refractivity contribution in [3.63, 3.8) is 0 Å². The summed E-state index contributed by atoms with van der Waals surface area (Å²) < 4.78 is 82.5. The molecule has 3 aliphatic heterocycles. The number of nitrogen functional groups attached to an aromatic ring is 2. The van der Waals surface area contributed by atoms with Gasteiger partial charge in [0.25, 0.3) is 0 Å². The van der Waals surface area contributed by atoms with Crippen molar-refractivity contribution in [2.24, 2.45) is 0 Å². The summed E-state index contributed by atoms with van der Waals surface area (Å²) in [5.74, 6) is 0.927. The van der Waals surface area contributed by atoms with Crippen molar-refractivity contribution < 1.29 is 45.8 Å². The molecule has 5 heterocycles. The van der Waals surface area contributed by atoms with E-state index in [0.29, 0.717) is 32.2 Å². The summed E-state index contributed by atoms with van der Waals surface area (Å²) in [5.41, 5.74) is 11.8. The van der Waals surface area contributed by atoms with Crippen molar-refractivity contribution in [1.29, 1.82) is 0 Å². The molecule has 0 amide bonds. The molecule has 266 valence electrons. The van der Waals surface area contributed by atoms with Crippen LogP contribution in [0.1, 0.15) is 27.7 Å². The van der Waals surface area contributed by atoms with Crippen LogP contribution < -0.4 is 36.0 Å². The number of halogens is 7. The smallest absolute Gasteiger partial charge is 0.479 e. The summed E-state index contributed by atoms with van der Waals surface area (Å²) >= 11 is 14.9. The molecule has 0 spiro atoms. The lowest BCUT2D eigenvalue weighted by molar-refractivity contribution is -0.209. The Kier molecular flexibility index (Phi) is 10.5. The van der Waals surface area contributed by atoms with Gasteiger partial charge in [-0.15, -0.1) is 0 Å². The van der Waals surface area contributed by atoms with E-state index in [1.54, 1.807) is 6.20 Å². The van der Waals surface area contributed by atoms with Crippen molar-refractivity contribution in [1.82, 2.24) is 19.9 Å². The lowest BCUT2D eigenvalue weighted by atomic mass is 9.85. The van der Waals surface area contributed by atoms with Crippen molar-refractivity contribution in [2.45, 2.75) is 51.1 Å². The number of nitrogens with zero attached hydrogens (tertiary/aromatic N) is 4. The Morgan fingerprint density at radius 2 is 1.18 bits per heavy atom. The molecule has 1 fully saturated rings. The maximum Gasteiger partial charge on any atom is 0.516 e. The summed E-state index contributed by atoms with van der Waals surface area (Å²) in [5, 5.41) is 0.495.